The molecular formula is C19H27ClFNO3S. The molecule has 26 heavy (non-hydrogen) atoms. The Bertz CT molecular complexity index is 639. The van der Waals surface area contributed by atoms with Crippen LogP contribution >= 0.6 is 23.4 Å². The molecule has 0 fully saturated rings. The largest absolute Gasteiger partial charge is 0.462 e. The standard InChI is InChI=1S/C19H27ClFNO3S/c1-6-8-17(23)22-15-10-16(13(20)9-14(15)21)26-18(11(3)4)19(24)25-12(5)7-2/h9-12,18H,6-8H2,1-5H3,(H,22,23). The monoisotopic (exact) mass is 403 g/mol. The Labute approximate surface area is 164 Å². The molecule has 0 aliphatic rings. The molecule has 1 amide bonds. The van der Waals surface area contributed by atoms with Gasteiger partial charge in [0.05, 0.1) is 16.8 Å². The summed E-state index contributed by atoms with van der Waals surface area (Å²) in [5.41, 5.74) is 0.0631. The van der Waals surface area contributed by atoms with E-state index < -0.39 is 11.1 Å². The zero-order chi connectivity index (χ0) is 19.9. The van der Waals surface area contributed by atoms with E-state index in [-0.39, 0.29) is 34.6 Å². The molecule has 0 radical (unpaired) electrons. The molecular weight excluding hydrogens is 377 g/mol. The van der Waals surface area contributed by atoms with Crippen LogP contribution in [0, 0.1) is 11.7 Å². The molecule has 0 aliphatic carbocycles. The maximum atomic E-state index is 14.1. The number of thioether (sulfide) groups is 1. The van der Waals surface area contributed by atoms with Crippen LogP contribution in [-0.4, -0.2) is 23.2 Å². The van der Waals surface area contributed by atoms with E-state index in [9.17, 15) is 14.0 Å². The van der Waals surface area contributed by atoms with Gasteiger partial charge >= 0.3 is 5.97 Å². The summed E-state index contributed by atoms with van der Waals surface area (Å²) in [7, 11) is 0. The summed E-state index contributed by atoms with van der Waals surface area (Å²) >= 11 is 7.38. The fourth-order valence-electron chi connectivity index (χ4n) is 2.10. The molecule has 2 atom stereocenters. The van der Waals surface area contributed by atoms with Gasteiger partial charge in [-0.2, -0.15) is 0 Å². The number of carbonyl (C=O) groups excluding carboxylic acids is 2. The van der Waals surface area contributed by atoms with E-state index in [2.05, 4.69) is 5.32 Å². The average Bonchev–Trinajstić information content (AvgIpc) is 2.55. The minimum Gasteiger partial charge on any atom is -0.462 e. The summed E-state index contributed by atoms with van der Waals surface area (Å²) in [5.74, 6) is -1.19. The van der Waals surface area contributed by atoms with Crippen molar-refractivity contribution in [1.82, 2.24) is 0 Å². The number of amides is 1. The van der Waals surface area contributed by atoms with E-state index in [4.69, 9.17) is 16.3 Å². The van der Waals surface area contributed by atoms with Gasteiger partial charge in [-0.25, -0.2) is 4.39 Å². The first-order chi connectivity index (χ1) is 12.2. The molecule has 1 rings (SSSR count). The summed E-state index contributed by atoms with van der Waals surface area (Å²) < 4.78 is 19.5. The first-order valence-corrected chi connectivity index (χ1v) is 10.1. The number of rotatable bonds is 9. The number of anilines is 1. The minimum atomic E-state index is -0.605. The van der Waals surface area contributed by atoms with Crippen LogP contribution < -0.4 is 5.32 Å². The molecule has 1 N–H and O–H groups in total. The summed E-state index contributed by atoms with van der Waals surface area (Å²) in [4.78, 5) is 24.7. The van der Waals surface area contributed by atoms with E-state index in [1.54, 1.807) is 0 Å². The third kappa shape index (κ3) is 6.80. The Morgan fingerprint density at radius 1 is 1.27 bits per heavy atom. The van der Waals surface area contributed by atoms with Gasteiger partial charge in [0.2, 0.25) is 5.91 Å². The van der Waals surface area contributed by atoms with Crippen LogP contribution in [-0.2, 0) is 14.3 Å². The van der Waals surface area contributed by atoms with Crippen molar-refractivity contribution in [2.75, 3.05) is 5.32 Å². The number of ether oxygens (including phenoxy) is 1. The number of esters is 1. The van der Waals surface area contributed by atoms with Crippen LogP contribution in [0.25, 0.3) is 0 Å². The Morgan fingerprint density at radius 3 is 2.46 bits per heavy atom. The van der Waals surface area contributed by atoms with Gasteiger partial charge in [0.15, 0.2) is 0 Å². The quantitative estimate of drug-likeness (QED) is 0.426. The van der Waals surface area contributed by atoms with E-state index in [0.717, 1.165) is 12.5 Å². The zero-order valence-electron chi connectivity index (χ0n) is 15.9. The Hall–Kier alpha value is -1.27. The molecule has 0 bridgehead atoms. The van der Waals surface area contributed by atoms with Crippen molar-refractivity contribution in [3.05, 3.63) is 23.0 Å². The first-order valence-electron chi connectivity index (χ1n) is 8.85. The van der Waals surface area contributed by atoms with Gasteiger partial charge in [0, 0.05) is 11.3 Å². The van der Waals surface area contributed by atoms with Gasteiger partial charge in [-0.1, -0.05) is 39.3 Å². The van der Waals surface area contributed by atoms with Crippen LogP contribution in [0.4, 0.5) is 10.1 Å². The summed E-state index contributed by atoms with van der Waals surface area (Å²) in [6, 6.07) is 2.63. The van der Waals surface area contributed by atoms with Crippen molar-refractivity contribution in [3.63, 3.8) is 0 Å². The van der Waals surface area contributed by atoms with Crippen LogP contribution in [0.1, 0.15) is 53.9 Å². The normalized spacial score (nSPS) is 13.4. The van der Waals surface area contributed by atoms with Gasteiger partial charge in [-0.3, -0.25) is 9.59 Å². The van der Waals surface area contributed by atoms with Gasteiger partial charge in [0.25, 0.3) is 0 Å². The second kappa shape index (κ2) is 10.8. The van der Waals surface area contributed by atoms with Crippen LogP contribution in [0.15, 0.2) is 17.0 Å². The SMILES string of the molecule is CCCC(=O)Nc1cc(SC(C(=O)OC(C)CC)C(C)C)c(Cl)cc1F. The molecule has 1 aromatic rings. The molecule has 7 heteroatoms. The van der Waals surface area contributed by atoms with E-state index in [1.807, 2.05) is 34.6 Å². The number of carbonyl (C=O) groups is 2. The van der Waals surface area contributed by atoms with Gasteiger partial charge in [0.1, 0.15) is 11.1 Å². The fourth-order valence-corrected chi connectivity index (χ4v) is 3.44. The van der Waals surface area contributed by atoms with Gasteiger partial charge in [-0.05, 0) is 37.8 Å². The van der Waals surface area contributed by atoms with E-state index in [1.165, 1.54) is 17.8 Å². The highest BCUT2D eigenvalue weighted by molar-refractivity contribution is 8.00. The molecule has 146 valence electrons. The number of nitrogens with one attached hydrogen (secondary N) is 1. The summed E-state index contributed by atoms with van der Waals surface area (Å²) in [6.45, 7) is 9.48. The van der Waals surface area contributed by atoms with Crippen molar-refractivity contribution >= 4 is 40.9 Å². The minimum absolute atomic E-state index is 0.00388. The lowest BCUT2D eigenvalue weighted by Crippen LogP contribution is -2.28. The molecule has 4 nitrogen and oxygen atoms in total. The molecule has 0 aliphatic heterocycles. The summed E-state index contributed by atoms with van der Waals surface area (Å²) in [5, 5.41) is 2.27. The average molecular weight is 404 g/mol. The second-order valence-corrected chi connectivity index (χ2v) is 8.09. The van der Waals surface area contributed by atoms with Gasteiger partial charge < -0.3 is 10.1 Å². The molecule has 0 spiro atoms. The maximum Gasteiger partial charge on any atom is 0.319 e. The molecule has 0 heterocycles. The predicted octanol–water partition coefficient (Wildman–Crippen LogP) is 5.68. The fraction of sp³-hybridized carbons (Fsp3) is 0.579. The van der Waals surface area contributed by atoms with Crippen LogP contribution in [0.3, 0.4) is 0 Å². The van der Waals surface area contributed by atoms with Crippen molar-refractivity contribution in [3.8, 4) is 0 Å². The van der Waals surface area contributed by atoms with Crippen LogP contribution in [0.2, 0.25) is 5.02 Å². The highest BCUT2D eigenvalue weighted by Crippen LogP contribution is 2.37. The lowest BCUT2D eigenvalue weighted by Gasteiger charge is -2.22. The highest BCUT2D eigenvalue weighted by atomic mass is 35.5. The number of hydrogen-bond acceptors (Lipinski definition) is 4. The number of benzene rings is 1. The molecule has 2 unspecified atom stereocenters. The van der Waals surface area contributed by atoms with E-state index >= 15 is 0 Å². The second-order valence-electron chi connectivity index (χ2n) is 6.50. The predicted molar refractivity (Wildman–Crippen MR) is 105 cm³/mol. The topological polar surface area (TPSA) is 55.4 Å². The Balaban J connectivity index is 3.04. The highest BCUT2D eigenvalue weighted by Gasteiger charge is 2.27. The van der Waals surface area contributed by atoms with Crippen LogP contribution in [0.5, 0.6) is 0 Å². The molecule has 1 aromatic carbocycles. The maximum absolute atomic E-state index is 14.1. The zero-order valence-corrected chi connectivity index (χ0v) is 17.5. The number of halogens is 2. The van der Waals surface area contributed by atoms with Gasteiger partial charge in [-0.15, -0.1) is 11.8 Å². The van der Waals surface area contributed by atoms with E-state index in [0.29, 0.717) is 17.7 Å². The molecule has 0 aromatic heterocycles. The van der Waals surface area contributed by atoms with Crippen molar-refractivity contribution < 1.29 is 18.7 Å². The lowest BCUT2D eigenvalue weighted by atomic mass is 10.1. The number of hydrogen-bond donors (Lipinski definition) is 1. The Morgan fingerprint density at radius 2 is 1.92 bits per heavy atom. The molecule has 0 saturated heterocycles. The van der Waals surface area contributed by atoms with Crippen molar-refractivity contribution in [2.24, 2.45) is 5.92 Å². The van der Waals surface area contributed by atoms with Crippen molar-refractivity contribution in [2.45, 2.75) is 70.1 Å². The molecule has 0 saturated carbocycles. The smallest absolute Gasteiger partial charge is 0.319 e. The Kier molecular flexibility index (Phi) is 9.44. The third-order valence-corrected chi connectivity index (χ3v) is 5.76. The lowest BCUT2D eigenvalue weighted by molar-refractivity contribution is -0.148. The third-order valence-electron chi connectivity index (χ3n) is 3.76. The summed E-state index contributed by atoms with van der Waals surface area (Å²) in [6.07, 6.45) is 1.53. The first kappa shape index (κ1) is 22.8. The van der Waals surface area contributed by atoms with Crippen molar-refractivity contribution in [1.29, 1.82) is 0 Å².